The summed E-state index contributed by atoms with van der Waals surface area (Å²) in [6, 6.07) is 3.81. The van der Waals surface area contributed by atoms with Crippen LogP contribution < -0.4 is 0 Å². The van der Waals surface area contributed by atoms with Gasteiger partial charge in [-0.15, -0.1) is 10.2 Å². The smallest absolute Gasteiger partial charge is 0.249 e. The fourth-order valence-electron chi connectivity index (χ4n) is 3.44. The summed E-state index contributed by atoms with van der Waals surface area (Å²) in [4.78, 5) is 6.53. The van der Waals surface area contributed by atoms with Gasteiger partial charge >= 0.3 is 0 Å². The second-order valence-corrected chi connectivity index (χ2v) is 6.87. The van der Waals surface area contributed by atoms with E-state index < -0.39 is 0 Å². The van der Waals surface area contributed by atoms with Gasteiger partial charge in [0.2, 0.25) is 11.8 Å². The van der Waals surface area contributed by atoms with Crippen LogP contribution in [0.2, 0.25) is 0 Å². The third kappa shape index (κ3) is 3.82. The highest BCUT2D eigenvalue weighted by atomic mass is 16.5. The second kappa shape index (κ2) is 7.40. The van der Waals surface area contributed by atoms with Gasteiger partial charge < -0.3 is 9.15 Å². The molecule has 6 nitrogen and oxygen atoms in total. The third-order valence-corrected chi connectivity index (χ3v) is 4.96. The fourth-order valence-corrected chi connectivity index (χ4v) is 3.44. The first kappa shape index (κ1) is 15.7. The lowest BCUT2D eigenvalue weighted by atomic mass is 9.85. The van der Waals surface area contributed by atoms with Crippen LogP contribution in [0, 0.1) is 5.92 Å². The van der Waals surface area contributed by atoms with Crippen LogP contribution in [-0.2, 0) is 11.3 Å². The van der Waals surface area contributed by atoms with E-state index in [1.807, 2.05) is 12.1 Å². The molecule has 0 radical (unpaired) electrons. The van der Waals surface area contributed by atoms with Crippen LogP contribution in [0.1, 0.15) is 38.0 Å². The van der Waals surface area contributed by atoms with Gasteiger partial charge in [0.05, 0.1) is 18.2 Å². The summed E-state index contributed by atoms with van der Waals surface area (Å²) in [6.45, 7) is 3.66. The highest BCUT2D eigenvalue weighted by molar-refractivity contribution is 5.49. The van der Waals surface area contributed by atoms with E-state index in [2.05, 4.69) is 20.1 Å². The van der Waals surface area contributed by atoms with Gasteiger partial charge in [-0.25, -0.2) is 0 Å². The van der Waals surface area contributed by atoms with E-state index in [1.54, 1.807) is 12.4 Å². The zero-order valence-corrected chi connectivity index (χ0v) is 13.9. The molecule has 1 aliphatic heterocycles. The summed E-state index contributed by atoms with van der Waals surface area (Å²) in [5, 5.41) is 8.40. The number of ether oxygens (including phenoxy) is 1. The van der Waals surface area contributed by atoms with Crippen molar-refractivity contribution < 1.29 is 9.15 Å². The number of rotatable bonds is 7. The van der Waals surface area contributed by atoms with Crippen molar-refractivity contribution in [1.29, 1.82) is 0 Å². The molecule has 0 N–H and O–H groups in total. The normalized spacial score (nSPS) is 21.3. The molecular weight excluding hydrogens is 304 g/mol. The lowest BCUT2D eigenvalue weighted by molar-refractivity contribution is 0.0547. The highest BCUT2D eigenvalue weighted by Gasteiger charge is 2.25. The Morgan fingerprint density at radius 1 is 1.12 bits per heavy atom. The van der Waals surface area contributed by atoms with Gasteiger partial charge in [0.25, 0.3) is 0 Å². The molecule has 0 spiro atoms. The molecule has 3 heterocycles. The summed E-state index contributed by atoms with van der Waals surface area (Å²) in [5.41, 5.74) is 0.862. The van der Waals surface area contributed by atoms with Crippen molar-refractivity contribution in [2.75, 3.05) is 19.7 Å². The molecule has 24 heavy (non-hydrogen) atoms. The van der Waals surface area contributed by atoms with Crippen molar-refractivity contribution in [2.24, 2.45) is 5.92 Å². The number of hydrogen-bond acceptors (Lipinski definition) is 6. The van der Waals surface area contributed by atoms with Crippen LogP contribution in [0.4, 0.5) is 0 Å². The number of pyridine rings is 1. The predicted molar refractivity (Wildman–Crippen MR) is 89.1 cm³/mol. The Morgan fingerprint density at radius 3 is 2.79 bits per heavy atom. The number of hydrogen-bond donors (Lipinski definition) is 0. The minimum atomic E-state index is 0.353. The molecule has 1 unspecified atom stereocenters. The van der Waals surface area contributed by atoms with E-state index in [1.165, 1.54) is 25.7 Å². The van der Waals surface area contributed by atoms with Crippen LogP contribution in [0.5, 0.6) is 0 Å². The largest absolute Gasteiger partial charge is 0.419 e. The number of aromatic nitrogens is 3. The zero-order valence-electron chi connectivity index (χ0n) is 13.9. The molecule has 1 atom stereocenters. The Labute approximate surface area is 142 Å². The molecule has 2 fully saturated rings. The first-order chi connectivity index (χ1) is 11.9. The molecule has 0 bridgehead atoms. The summed E-state index contributed by atoms with van der Waals surface area (Å²) < 4.78 is 11.7. The average Bonchev–Trinajstić information content (AvgIpc) is 3.23. The van der Waals surface area contributed by atoms with Crippen LogP contribution in [0.3, 0.4) is 0 Å². The quantitative estimate of drug-likeness (QED) is 0.779. The van der Waals surface area contributed by atoms with Crippen LogP contribution >= 0.6 is 0 Å². The molecule has 0 aromatic carbocycles. The summed E-state index contributed by atoms with van der Waals surface area (Å²) in [5.74, 6) is 2.03. The molecule has 6 heteroatoms. The van der Waals surface area contributed by atoms with E-state index >= 15 is 0 Å². The van der Waals surface area contributed by atoms with E-state index in [0.29, 0.717) is 24.4 Å². The maximum atomic E-state index is 5.85. The van der Waals surface area contributed by atoms with Gasteiger partial charge in [-0.2, -0.15) is 0 Å². The Kier molecular flexibility index (Phi) is 4.85. The first-order valence-corrected chi connectivity index (χ1v) is 8.93. The summed E-state index contributed by atoms with van der Waals surface area (Å²) in [7, 11) is 0. The molecule has 2 aromatic rings. The van der Waals surface area contributed by atoms with Crippen molar-refractivity contribution >= 4 is 0 Å². The van der Waals surface area contributed by atoms with Gasteiger partial charge in [-0.3, -0.25) is 9.88 Å². The van der Waals surface area contributed by atoms with Crippen molar-refractivity contribution in [3.05, 3.63) is 30.4 Å². The molecule has 2 aromatic heterocycles. The molecule has 1 aliphatic carbocycles. The lowest BCUT2D eigenvalue weighted by Gasteiger charge is -2.32. The summed E-state index contributed by atoms with van der Waals surface area (Å²) in [6.07, 6.45) is 10.2. The molecule has 2 aliphatic rings. The Balaban J connectivity index is 1.42. The highest BCUT2D eigenvalue weighted by Crippen LogP contribution is 2.28. The molecule has 0 amide bonds. The zero-order chi connectivity index (χ0) is 16.2. The molecular formula is C18H24N4O2. The van der Waals surface area contributed by atoms with Gasteiger partial charge in [0.1, 0.15) is 0 Å². The van der Waals surface area contributed by atoms with Gasteiger partial charge in [0.15, 0.2) is 0 Å². The standard InChI is InChI=1S/C18H24N4O2/c1-4-14(5-1)11-22(12-16-7-3-9-23-16)13-17-20-21-18(24-17)15-6-2-8-19-10-15/h2,6,8,10,14,16H,1,3-5,7,9,11-13H2. The van der Waals surface area contributed by atoms with Crippen molar-refractivity contribution in [3.8, 4) is 11.5 Å². The molecule has 128 valence electrons. The van der Waals surface area contributed by atoms with Crippen LogP contribution in [0.25, 0.3) is 11.5 Å². The van der Waals surface area contributed by atoms with E-state index in [0.717, 1.165) is 37.6 Å². The molecule has 4 rings (SSSR count). The minimum absolute atomic E-state index is 0.353. The Morgan fingerprint density at radius 2 is 2.08 bits per heavy atom. The average molecular weight is 328 g/mol. The van der Waals surface area contributed by atoms with Crippen LogP contribution in [-0.4, -0.2) is 45.9 Å². The van der Waals surface area contributed by atoms with Gasteiger partial charge in [0, 0.05) is 32.1 Å². The van der Waals surface area contributed by atoms with E-state index in [4.69, 9.17) is 9.15 Å². The van der Waals surface area contributed by atoms with Gasteiger partial charge in [-0.1, -0.05) is 6.42 Å². The van der Waals surface area contributed by atoms with Crippen molar-refractivity contribution in [2.45, 2.75) is 44.8 Å². The maximum Gasteiger partial charge on any atom is 0.249 e. The van der Waals surface area contributed by atoms with Crippen LogP contribution in [0.15, 0.2) is 28.9 Å². The monoisotopic (exact) mass is 328 g/mol. The number of nitrogens with zero attached hydrogens (tertiary/aromatic N) is 4. The fraction of sp³-hybridized carbons (Fsp3) is 0.611. The van der Waals surface area contributed by atoms with Crippen molar-refractivity contribution in [1.82, 2.24) is 20.1 Å². The van der Waals surface area contributed by atoms with Gasteiger partial charge in [-0.05, 0) is 43.7 Å². The minimum Gasteiger partial charge on any atom is -0.419 e. The molecule has 1 saturated carbocycles. The lowest BCUT2D eigenvalue weighted by Crippen LogP contribution is -2.37. The SMILES string of the molecule is c1cncc(-c2nnc(CN(CC3CCC3)CC3CCCO3)o2)c1. The molecule has 1 saturated heterocycles. The second-order valence-electron chi connectivity index (χ2n) is 6.87. The predicted octanol–water partition coefficient (Wildman–Crippen LogP) is 2.91. The summed E-state index contributed by atoms with van der Waals surface area (Å²) >= 11 is 0. The van der Waals surface area contributed by atoms with E-state index in [-0.39, 0.29) is 0 Å². The maximum absolute atomic E-state index is 5.85. The topological polar surface area (TPSA) is 64.3 Å². The third-order valence-electron chi connectivity index (χ3n) is 4.96. The Bertz CT molecular complexity index is 635. The van der Waals surface area contributed by atoms with E-state index in [9.17, 15) is 0 Å². The Hall–Kier alpha value is -1.79. The first-order valence-electron chi connectivity index (χ1n) is 8.93. The van der Waals surface area contributed by atoms with Crippen molar-refractivity contribution in [3.63, 3.8) is 0 Å².